The highest BCUT2D eigenvalue weighted by molar-refractivity contribution is 5.92. The molecule has 1 aliphatic carbocycles. The molecule has 1 saturated heterocycles. The third kappa shape index (κ3) is 4.28. The van der Waals surface area contributed by atoms with Crippen LogP contribution in [0.3, 0.4) is 0 Å². The highest BCUT2D eigenvalue weighted by Gasteiger charge is 2.43. The van der Waals surface area contributed by atoms with Gasteiger partial charge in [0.2, 0.25) is 0 Å². The van der Waals surface area contributed by atoms with Crippen LogP contribution in [0.2, 0.25) is 0 Å². The molecule has 0 aromatic heterocycles. The maximum absolute atomic E-state index is 6.16. The third-order valence-electron chi connectivity index (χ3n) is 4.91. The summed E-state index contributed by atoms with van der Waals surface area (Å²) < 4.78 is 12.1. The number of ether oxygens (including phenoxy) is 2. The average Bonchev–Trinajstić information content (AvgIpc) is 2.91. The first kappa shape index (κ1) is 17.2. The van der Waals surface area contributed by atoms with Gasteiger partial charge < -0.3 is 20.5 Å². The van der Waals surface area contributed by atoms with E-state index < -0.39 is 0 Å². The molecule has 1 spiro atoms. The van der Waals surface area contributed by atoms with E-state index in [2.05, 4.69) is 49.3 Å². The second-order valence-corrected chi connectivity index (χ2v) is 7.37. The molecule has 3 rings (SSSR count). The van der Waals surface area contributed by atoms with Crippen molar-refractivity contribution in [2.45, 2.75) is 58.3 Å². The quantitative estimate of drug-likeness (QED) is 0.658. The molecule has 0 radical (unpaired) electrons. The first-order valence-electron chi connectivity index (χ1n) is 8.91. The average molecular weight is 331 g/mol. The molecule has 1 unspecified atom stereocenters. The number of rotatable bonds is 3. The first-order chi connectivity index (χ1) is 11.4. The topological polar surface area (TPSA) is 68.9 Å². The molecule has 5 heteroatoms. The van der Waals surface area contributed by atoms with E-state index in [0.717, 1.165) is 24.4 Å². The predicted molar refractivity (Wildman–Crippen MR) is 97.2 cm³/mol. The van der Waals surface area contributed by atoms with E-state index >= 15 is 0 Å². The molecule has 1 aromatic rings. The predicted octanol–water partition coefficient (Wildman–Crippen LogP) is 3.35. The van der Waals surface area contributed by atoms with Gasteiger partial charge in [0.15, 0.2) is 11.7 Å². The molecule has 1 aliphatic heterocycles. The molecule has 2 fully saturated rings. The van der Waals surface area contributed by atoms with E-state index in [1.807, 2.05) is 0 Å². The van der Waals surface area contributed by atoms with Crippen LogP contribution < -0.4 is 11.1 Å². The molecular formula is C19H29N3O2. The maximum atomic E-state index is 6.16. The Hall–Kier alpha value is -1.59. The van der Waals surface area contributed by atoms with Crippen LogP contribution in [0.25, 0.3) is 0 Å². The Bertz CT molecular complexity index is 586. The van der Waals surface area contributed by atoms with E-state index in [9.17, 15) is 0 Å². The molecule has 0 bridgehead atoms. The fourth-order valence-electron chi connectivity index (χ4n) is 3.61. The molecular weight excluding hydrogens is 302 g/mol. The van der Waals surface area contributed by atoms with Gasteiger partial charge in [0.25, 0.3) is 0 Å². The van der Waals surface area contributed by atoms with E-state index in [-0.39, 0.29) is 11.9 Å². The summed E-state index contributed by atoms with van der Waals surface area (Å²) in [4.78, 5) is 4.43. The van der Waals surface area contributed by atoms with Gasteiger partial charge in [-0.2, -0.15) is 0 Å². The van der Waals surface area contributed by atoms with Gasteiger partial charge in [-0.15, -0.1) is 0 Å². The number of nitrogens with one attached hydrogen (secondary N) is 1. The normalized spacial score (nSPS) is 30.7. The lowest BCUT2D eigenvalue weighted by molar-refractivity contribution is -0.190. The number of nitrogens with two attached hydrogens (primary N) is 1. The zero-order chi connectivity index (χ0) is 17.2. The maximum Gasteiger partial charge on any atom is 0.193 e. The van der Waals surface area contributed by atoms with Crippen molar-refractivity contribution in [3.8, 4) is 0 Å². The lowest BCUT2D eigenvalue weighted by Gasteiger charge is -2.34. The Morgan fingerprint density at radius 3 is 2.58 bits per heavy atom. The van der Waals surface area contributed by atoms with Crippen LogP contribution in [0.4, 0.5) is 5.69 Å². The van der Waals surface area contributed by atoms with Gasteiger partial charge in [-0.1, -0.05) is 13.0 Å². The van der Waals surface area contributed by atoms with E-state index in [4.69, 9.17) is 15.2 Å². The summed E-state index contributed by atoms with van der Waals surface area (Å²) in [5.41, 5.74) is 9.38. The molecule has 5 nitrogen and oxygen atoms in total. The lowest BCUT2D eigenvalue weighted by atomic mass is 9.86. The molecule has 0 amide bonds. The van der Waals surface area contributed by atoms with E-state index in [0.29, 0.717) is 19.1 Å². The molecule has 1 heterocycles. The fourth-order valence-corrected chi connectivity index (χ4v) is 3.61. The standard InChI is InChI=1S/C19H29N3O2/c1-13-4-6-19(7-5-13)23-12-17(24-19)11-21-18(20)22-16-9-14(2)8-15(3)10-16/h8-10,13,17H,4-7,11-12H2,1-3H3,(H3,20,21,22). The fraction of sp³-hybridized carbons (Fsp3) is 0.632. The van der Waals surface area contributed by atoms with Crippen LogP contribution in [-0.4, -0.2) is 31.0 Å². The zero-order valence-corrected chi connectivity index (χ0v) is 15.0. The summed E-state index contributed by atoms with van der Waals surface area (Å²) >= 11 is 0. The molecule has 1 atom stereocenters. The number of anilines is 1. The number of hydrogen-bond acceptors (Lipinski definition) is 3. The van der Waals surface area contributed by atoms with Gasteiger partial charge >= 0.3 is 0 Å². The second kappa shape index (κ2) is 7.11. The SMILES string of the molecule is Cc1cc(C)cc(NC(N)=NCC2COC3(CCC(C)CC3)O2)c1. The van der Waals surface area contributed by atoms with Gasteiger partial charge in [-0.25, -0.2) is 0 Å². The van der Waals surface area contributed by atoms with Crippen molar-refractivity contribution < 1.29 is 9.47 Å². The Morgan fingerprint density at radius 1 is 1.25 bits per heavy atom. The molecule has 1 aromatic carbocycles. The molecule has 1 saturated carbocycles. The van der Waals surface area contributed by atoms with Gasteiger partial charge in [0.05, 0.1) is 13.2 Å². The molecule has 2 aliphatic rings. The first-order valence-corrected chi connectivity index (χ1v) is 8.91. The third-order valence-corrected chi connectivity index (χ3v) is 4.91. The minimum absolute atomic E-state index is 0.00185. The molecule has 132 valence electrons. The number of aliphatic imine (C=N–C) groups is 1. The summed E-state index contributed by atoms with van der Waals surface area (Å²) in [6.45, 7) is 7.57. The van der Waals surface area contributed by atoms with Crippen LogP contribution in [-0.2, 0) is 9.47 Å². The summed E-state index contributed by atoms with van der Waals surface area (Å²) in [7, 11) is 0. The van der Waals surface area contributed by atoms with Crippen LogP contribution in [0, 0.1) is 19.8 Å². The van der Waals surface area contributed by atoms with E-state index in [1.54, 1.807) is 0 Å². The Labute approximate surface area is 144 Å². The van der Waals surface area contributed by atoms with Gasteiger partial charge in [-0.3, -0.25) is 4.99 Å². The number of aryl methyl sites for hydroxylation is 2. The van der Waals surface area contributed by atoms with Crippen LogP contribution in [0.15, 0.2) is 23.2 Å². The smallest absolute Gasteiger partial charge is 0.193 e. The Balaban J connectivity index is 1.52. The Kier molecular flexibility index (Phi) is 5.11. The number of guanidine groups is 1. The van der Waals surface area contributed by atoms with Crippen molar-refractivity contribution in [1.82, 2.24) is 0 Å². The van der Waals surface area contributed by atoms with Crippen LogP contribution in [0.1, 0.15) is 43.7 Å². The van der Waals surface area contributed by atoms with Crippen molar-refractivity contribution in [1.29, 1.82) is 0 Å². The molecule has 3 N–H and O–H groups in total. The van der Waals surface area contributed by atoms with Gasteiger partial charge in [0.1, 0.15) is 6.10 Å². The summed E-state index contributed by atoms with van der Waals surface area (Å²) in [5, 5.41) is 3.16. The van der Waals surface area contributed by atoms with Crippen molar-refractivity contribution in [3.63, 3.8) is 0 Å². The largest absolute Gasteiger partial charge is 0.370 e. The van der Waals surface area contributed by atoms with Crippen molar-refractivity contribution in [2.24, 2.45) is 16.6 Å². The highest BCUT2D eigenvalue weighted by Crippen LogP contribution is 2.39. The number of hydrogen-bond donors (Lipinski definition) is 2. The minimum atomic E-state index is -0.359. The van der Waals surface area contributed by atoms with Crippen molar-refractivity contribution in [2.75, 3.05) is 18.5 Å². The minimum Gasteiger partial charge on any atom is -0.370 e. The van der Waals surface area contributed by atoms with Crippen molar-refractivity contribution in [3.05, 3.63) is 29.3 Å². The zero-order valence-electron chi connectivity index (χ0n) is 15.0. The van der Waals surface area contributed by atoms with Gasteiger partial charge in [-0.05, 0) is 55.9 Å². The number of nitrogens with zero attached hydrogens (tertiary/aromatic N) is 1. The van der Waals surface area contributed by atoms with Crippen molar-refractivity contribution >= 4 is 11.6 Å². The van der Waals surface area contributed by atoms with Crippen LogP contribution >= 0.6 is 0 Å². The lowest BCUT2D eigenvalue weighted by Crippen LogP contribution is -2.35. The number of benzene rings is 1. The Morgan fingerprint density at radius 2 is 1.92 bits per heavy atom. The summed E-state index contributed by atoms with van der Waals surface area (Å²) in [5.74, 6) is 0.835. The van der Waals surface area contributed by atoms with Crippen LogP contribution in [0.5, 0.6) is 0 Å². The second-order valence-electron chi connectivity index (χ2n) is 7.37. The van der Waals surface area contributed by atoms with E-state index in [1.165, 1.54) is 24.0 Å². The molecule has 24 heavy (non-hydrogen) atoms. The highest BCUT2D eigenvalue weighted by atomic mass is 16.7. The summed E-state index contributed by atoms with van der Waals surface area (Å²) in [6, 6.07) is 6.25. The van der Waals surface area contributed by atoms with Gasteiger partial charge in [0, 0.05) is 18.5 Å². The summed E-state index contributed by atoms with van der Waals surface area (Å²) in [6.07, 6.45) is 4.33. The monoisotopic (exact) mass is 331 g/mol.